The zero-order valence-electron chi connectivity index (χ0n) is 11.1. The molecule has 1 amide bonds. The fourth-order valence-electron chi connectivity index (χ4n) is 2.11. The van der Waals surface area contributed by atoms with Crippen molar-refractivity contribution in [3.8, 4) is 0 Å². The summed E-state index contributed by atoms with van der Waals surface area (Å²) in [7, 11) is 0. The number of nitrogens with one attached hydrogen (secondary N) is 1. The van der Waals surface area contributed by atoms with Crippen molar-refractivity contribution < 1.29 is 13.6 Å². The second-order valence-corrected chi connectivity index (χ2v) is 5.04. The number of nitrogens with zero attached hydrogens (tertiary/aromatic N) is 1. The summed E-state index contributed by atoms with van der Waals surface area (Å²) in [6.07, 6.45) is 1.56. The Kier molecular flexibility index (Phi) is 3.73. The molecule has 22 heavy (non-hydrogen) atoms. The Labute approximate surface area is 129 Å². The molecule has 6 heteroatoms. The summed E-state index contributed by atoms with van der Waals surface area (Å²) in [5.41, 5.74) is 0.456. The Morgan fingerprint density at radius 2 is 1.95 bits per heavy atom. The summed E-state index contributed by atoms with van der Waals surface area (Å²) in [5.74, 6) is -2.27. The van der Waals surface area contributed by atoms with Crippen LogP contribution in [0.1, 0.15) is 10.4 Å². The van der Waals surface area contributed by atoms with E-state index in [9.17, 15) is 13.6 Å². The minimum absolute atomic E-state index is 0.330. The van der Waals surface area contributed by atoms with Crippen LogP contribution in [0, 0.1) is 11.6 Å². The Balaban J connectivity index is 2.03. The van der Waals surface area contributed by atoms with E-state index in [1.807, 2.05) is 0 Å². The first-order valence-corrected chi connectivity index (χ1v) is 6.73. The molecule has 0 fully saturated rings. The van der Waals surface area contributed by atoms with Gasteiger partial charge in [0.15, 0.2) is 0 Å². The van der Waals surface area contributed by atoms with Gasteiger partial charge < -0.3 is 5.32 Å². The van der Waals surface area contributed by atoms with Crippen LogP contribution >= 0.6 is 11.6 Å². The van der Waals surface area contributed by atoms with Crippen molar-refractivity contribution >= 4 is 34.1 Å². The van der Waals surface area contributed by atoms with Crippen molar-refractivity contribution in [3.63, 3.8) is 0 Å². The van der Waals surface area contributed by atoms with Crippen molar-refractivity contribution in [2.24, 2.45) is 0 Å². The molecule has 0 saturated carbocycles. The molecule has 1 heterocycles. The van der Waals surface area contributed by atoms with Gasteiger partial charge in [-0.1, -0.05) is 17.7 Å². The van der Waals surface area contributed by atoms with E-state index in [1.165, 1.54) is 6.07 Å². The average molecular weight is 319 g/mol. The largest absolute Gasteiger partial charge is 0.320 e. The second kappa shape index (κ2) is 5.69. The summed E-state index contributed by atoms with van der Waals surface area (Å²) in [6, 6.07) is 9.41. The van der Waals surface area contributed by atoms with Gasteiger partial charge in [0.25, 0.3) is 5.91 Å². The number of hydrogen-bond acceptors (Lipinski definition) is 2. The summed E-state index contributed by atoms with van der Waals surface area (Å²) in [6.45, 7) is 0. The van der Waals surface area contributed by atoms with Crippen LogP contribution in [-0.4, -0.2) is 10.9 Å². The number of rotatable bonds is 2. The van der Waals surface area contributed by atoms with Crippen LogP contribution in [0.3, 0.4) is 0 Å². The summed E-state index contributed by atoms with van der Waals surface area (Å²) in [5, 5.41) is 3.64. The monoisotopic (exact) mass is 318 g/mol. The maximum absolute atomic E-state index is 13.6. The van der Waals surface area contributed by atoms with E-state index in [-0.39, 0.29) is 5.56 Å². The third-order valence-electron chi connectivity index (χ3n) is 3.09. The lowest BCUT2D eigenvalue weighted by molar-refractivity contribution is 0.102. The third kappa shape index (κ3) is 2.76. The maximum Gasteiger partial charge on any atom is 0.258 e. The second-order valence-electron chi connectivity index (χ2n) is 4.61. The summed E-state index contributed by atoms with van der Waals surface area (Å²) in [4.78, 5) is 16.3. The molecule has 0 spiro atoms. The molecule has 0 aliphatic rings. The number of amides is 1. The first-order valence-electron chi connectivity index (χ1n) is 6.35. The number of pyridine rings is 1. The van der Waals surface area contributed by atoms with Crippen molar-refractivity contribution in [1.29, 1.82) is 0 Å². The number of carbonyl (C=O) groups excluding carboxylic acids is 1. The molecule has 3 rings (SSSR count). The van der Waals surface area contributed by atoms with E-state index in [4.69, 9.17) is 11.6 Å². The number of carbonyl (C=O) groups is 1. The lowest BCUT2D eigenvalue weighted by Crippen LogP contribution is -2.14. The van der Waals surface area contributed by atoms with E-state index in [0.29, 0.717) is 16.2 Å². The quantitative estimate of drug-likeness (QED) is 0.760. The van der Waals surface area contributed by atoms with Crippen LogP contribution in [0.5, 0.6) is 0 Å². The first-order chi connectivity index (χ1) is 10.5. The van der Waals surface area contributed by atoms with E-state index in [0.717, 1.165) is 23.6 Å². The van der Waals surface area contributed by atoms with Crippen molar-refractivity contribution in [2.75, 3.05) is 5.32 Å². The number of aromatic nitrogens is 1. The number of hydrogen-bond donors (Lipinski definition) is 1. The smallest absolute Gasteiger partial charge is 0.258 e. The van der Waals surface area contributed by atoms with Gasteiger partial charge in [-0.05, 0) is 36.4 Å². The summed E-state index contributed by atoms with van der Waals surface area (Å²) >= 11 is 6.00. The van der Waals surface area contributed by atoms with Gasteiger partial charge in [-0.15, -0.1) is 0 Å². The Hall–Kier alpha value is -2.53. The molecule has 1 aromatic heterocycles. The fraction of sp³-hybridized carbons (Fsp3) is 0. The Morgan fingerprint density at radius 3 is 2.77 bits per heavy atom. The van der Waals surface area contributed by atoms with Gasteiger partial charge in [-0.3, -0.25) is 9.78 Å². The van der Waals surface area contributed by atoms with Gasteiger partial charge in [-0.2, -0.15) is 0 Å². The number of halogens is 3. The lowest BCUT2D eigenvalue weighted by atomic mass is 10.1. The molecule has 1 N–H and O–H groups in total. The van der Waals surface area contributed by atoms with Crippen LogP contribution in [0.25, 0.3) is 10.9 Å². The van der Waals surface area contributed by atoms with Crippen molar-refractivity contribution in [3.05, 3.63) is 70.9 Å². The number of benzene rings is 2. The summed E-state index contributed by atoms with van der Waals surface area (Å²) < 4.78 is 26.8. The van der Waals surface area contributed by atoms with Crippen molar-refractivity contribution in [1.82, 2.24) is 4.98 Å². The van der Waals surface area contributed by atoms with Crippen LogP contribution in [0.4, 0.5) is 14.5 Å². The van der Waals surface area contributed by atoms with E-state index >= 15 is 0 Å². The minimum atomic E-state index is -0.807. The van der Waals surface area contributed by atoms with Crippen molar-refractivity contribution in [2.45, 2.75) is 0 Å². The maximum atomic E-state index is 13.6. The highest BCUT2D eigenvalue weighted by Crippen LogP contribution is 2.27. The molecule has 0 aliphatic heterocycles. The molecular weight excluding hydrogens is 310 g/mol. The van der Waals surface area contributed by atoms with Crippen LogP contribution in [0.2, 0.25) is 5.02 Å². The molecule has 2 aromatic carbocycles. The third-order valence-corrected chi connectivity index (χ3v) is 3.31. The molecule has 0 saturated heterocycles. The molecular formula is C16H9ClF2N2O. The number of anilines is 1. The van der Waals surface area contributed by atoms with Gasteiger partial charge in [0.1, 0.15) is 11.6 Å². The van der Waals surface area contributed by atoms with Gasteiger partial charge in [-0.25, -0.2) is 8.78 Å². The van der Waals surface area contributed by atoms with Gasteiger partial charge in [0.05, 0.1) is 16.8 Å². The lowest BCUT2D eigenvalue weighted by Gasteiger charge is -2.09. The average Bonchev–Trinajstić information content (AvgIpc) is 2.49. The SMILES string of the molecule is O=C(Nc1cc(Cl)cc2cccnc12)c1cc(F)ccc1F. The van der Waals surface area contributed by atoms with Crippen LogP contribution in [0.15, 0.2) is 48.7 Å². The van der Waals surface area contributed by atoms with Crippen LogP contribution < -0.4 is 5.32 Å². The molecule has 3 nitrogen and oxygen atoms in total. The highest BCUT2D eigenvalue weighted by atomic mass is 35.5. The highest BCUT2D eigenvalue weighted by Gasteiger charge is 2.15. The zero-order valence-corrected chi connectivity index (χ0v) is 11.9. The predicted octanol–water partition coefficient (Wildman–Crippen LogP) is 4.42. The zero-order chi connectivity index (χ0) is 15.7. The number of fused-ring (bicyclic) bond motifs is 1. The molecule has 0 unspecified atom stereocenters. The van der Waals surface area contributed by atoms with Gasteiger partial charge in [0.2, 0.25) is 0 Å². The normalized spacial score (nSPS) is 10.7. The first kappa shape index (κ1) is 14.4. The predicted molar refractivity (Wildman–Crippen MR) is 81.1 cm³/mol. The standard InChI is InChI=1S/C16H9ClF2N2O/c17-10-6-9-2-1-5-20-15(9)14(7-10)21-16(22)12-8-11(18)3-4-13(12)19/h1-8H,(H,21,22). The fourth-order valence-corrected chi connectivity index (χ4v) is 2.34. The molecule has 0 aliphatic carbocycles. The minimum Gasteiger partial charge on any atom is -0.320 e. The molecule has 110 valence electrons. The molecule has 3 aromatic rings. The molecule has 0 bridgehead atoms. The van der Waals surface area contributed by atoms with Gasteiger partial charge >= 0.3 is 0 Å². The molecule has 0 atom stereocenters. The topological polar surface area (TPSA) is 42.0 Å². The molecule has 0 radical (unpaired) electrons. The van der Waals surface area contributed by atoms with E-state index in [2.05, 4.69) is 10.3 Å². The van der Waals surface area contributed by atoms with Gasteiger partial charge in [0, 0.05) is 16.6 Å². The Morgan fingerprint density at radius 1 is 1.14 bits per heavy atom. The Bertz CT molecular complexity index is 883. The van der Waals surface area contributed by atoms with E-state index < -0.39 is 17.5 Å². The highest BCUT2D eigenvalue weighted by molar-refractivity contribution is 6.32. The van der Waals surface area contributed by atoms with Crippen LogP contribution in [-0.2, 0) is 0 Å². The van der Waals surface area contributed by atoms with E-state index in [1.54, 1.807) is 24.4 Å².